The Hall–Kier alpha value is -2.26. The molecule has 2 aromatic rings. The molecule has 1 aromatic heterocycles. The number of aromatic nitrogens is 2. The van der Waals surface area contributed by atoms with Crippen molar-refractivity contribution < 1.29 is 17.5 Å². The third-order valence-electron chi connectivity index (χ3n) is 2.74. The molecule has 8 nitrogen and oxygen atoms in total. The minimum Gasteiger partial charge on any atom is -0.390 e. The summed E-state index contributed by atoms with van der Waals surface area (Å²) in [6.07, 6.45) is 2.66. The van der Waals surface area contributed by atoms with Crippen molar-refractivity contribution in [3.8, 4) is 0 Å². The molecule has 0 aliphatic carbocycles. The van der Waals surface area contributed by atoms with Crippen molar-refractivity contribution in [2.45, 2.75) is 18.4 Å². The standard InChI is InChI=1S/C12H13N3O5S/c1-10-2-4-11(5-3-10)21(18,19)20-9-8-14-7-6-13-12(14)15(16)17/h2-7H,8-9H2,1H3. The molecule has 21 heavy (non-hydrogen) atoms. The maximum Gasteiger partial charge on any atom is 0.434 e. The quantitative estimate of drug-likeness (QED) is 0.455. The topological polar surface area (TPSA) is 104 Å². The van der Waals surface area contributed by atoms with Crippen molar-refractivity contribution in [2.75, 3.05) is 6.61 Å². The van der Waals surface area contributed by atoms with Gasteiger partial charge in [0.05, 0.1) is 18.0 Å². The highest BCUT2D eigenvalue weighted by Gasteiger charge is 2.17. The van der Waals surface area contributed by atoms with Crippen molar-refractivity contribution >= 4 is 16.1 Å². The maximum absolute atomic E-state index is 11.9. The summed E-state index contributed by atoms with van der Waals surface area (Å²) >= 11 is 0. The number of imidazole rings is 1. The Bertz CT molecular complexity index is 737. The summed E-state index contributed by atoms with van der Waals surface area (Å²) < 4.78 is 29.9. The molecular weight excluding hydrogens is 298 g/mol. The fourth-order valence-electron chi connectivity index (χ4n) is 1.67. The van der Waals surface area contributed by atoms with E-state index in [1.807, 2.05) is 6.92 Å². The number of nitrogens with zero attached hydrogens (tertiary/aromatic N) is 3. The molecule has 0 radical (unpaired) electrons. The predicted molar refractivity (Wildman–Crippen MR) is 73.2 cm³/mol. The second kappa shape index (κ2) is 6.02. The summed E-state index contributed by atoms with van der Waals surface area (Å²) in [6.45, 7) is 1.64. The van der Waals surface area contributed by atoms with Gasteiger partial charge < -0.3 is 10.1 Å². The number of hydrogen-bond acceptors (Lipinski definition) is 6. The van der Waals surface area contributed by atoms with Crippen molar-refractivity contribution in [1.82, 2.24) is 9.55 Å². The second-order valence-corrected chi connectivity index (χ2v) is 5.88. The number of benzene rings is 1. The molecule has 112 valence electrons. The third kappa shape index (κ3) is 3.64. The van der Waals surface area contributed by atoms with Gasteiger partial charge in [-0.2, -0.15) is 8.42 Å². The largest absolute Gasteiger partial charge is 0.434 e. The Morgan fingerprint density at radius 3 is 2.62 bits per heavy atom. The molecule has 1 heterocycles. The van der Waals surface area contributed by atoms with Crippen LogP contribution in [0.25, 0.3) is 0 Å². The highest BCUT2D eigenvalue weighted by atomic mass is 32.2. The van der Waals surface area contributed by atoms with Gasteiger partial charge >= 0.3 is 5.95 Å². The zero-order chi connectivity index (χ0) is 15.5. The van der Waals surface area contributed by atoms with Crippen LogP contribution < -0.4 is 0 Å². The first kappa shape index (κ1) is 15.1. The summed E-state index contributed by atoms with van der Waals surface area (Å²) in [5.41, 5.74) is 0.933. The van der Waals surface area contributed by atoms with E-state index in [0.29, 0.717) is 0 Å². The Balaban J connectivity index is 2.01. The third-order valence-corrected chi connectivity index (χ3v) is 4.06. The number of aryl methyl sites for hydroxylation is 1. The van der Waals surface area contributed by atoms with Crippen LogP contribution >= 0.6 is 0 Å². The van der Waals surface area contributed by atoms with Crippen LogP contribution in [-0.4, -0.2) is 29.5 Å². The first-order chi connectivity index (χ1) is 9.90. The van der Waals surface area contributed by atoms with Crippen LogP contribution in [0.3, 0.4) is 0 Å². The molecule has 0 bridgehead atoms. The van der Waals surface area contributed by atoms with Gasteiger partial charge in [-0.05, 0) is 24.0 Å². The van der Waals surface area contributed by atoms with E-state index in [0.717, 1.165) is 5.56 Å². The average molecular weight is 311 g/mol. The molecule has 0 saturated heterocycles. The van der Waals surface area contributed by atoms with E-state index in [-0.39, 0.29) is 24.0 Å². The van der Waals surface area contributed by atoms with Crippen molar-refractivity contribution in [3.05, 3.63) is 52.3 Å². The molecular formula is C12H13N3O5S. The Morgan fingerprint density at radius 2 is 2.00 bits per heavy atom. The Kier molecular flexibility index (Phi) is 4.34. The first-order valence-electron chi connectivity index (χ1n) is 6.02. The molecule has 0 fully saturated rings. The molecule has 0 saturated carbocycles. The molecule has 0 spiro atoms. The summed E-state index contributed by atoms with van der Waals surface area (Å²) in [5, 5.41) is 10.7. The van der Waals surface area contributed by atoms with Gasteiger partial charge in [0.1, 0.15) is 12.4 Å². The molecule has 1 aromatic carbocycles. The van der Waals surface area contributed by atoms with Crippen LogP contribution in [0.2, 0.25) is 0 Å². The van der Waals surface area contributed by atoms with E-state index in [1.54, 1.807) is 12.1 Å². The van der Waals surface area contributed by atoms with Gasteiger partial charge in [-0.25, -0.2) is 4.57 Å². The molecule has 0 unspecified atom stereocenters. The molecule has 0 N–H and O–H groups in total. The lowest BCUT2D eigenvalue weighted by Gasteiger charge is -2.06. The fraction of sp³-hybridized carbons (Fsp3) is 0.250. The number of hydrogen-bond donors (Lipinski definition) is 0. The highest BCUT2D eigenvalue weighted by Crippen LogP contribution is 2.14. The van der Waals surface area contributed by atoms with Gasteiger partial charge in [-0.15, -0.1) is 0 Å². The summed E-state index contributed by atoms with van der Waals surface area (Å²) in [4.78, 5) is 13.6. The van der Waals surface area contributed by atoms with Crippen LogP contribution in [0.1, 0.15) is 5.56 Å². The van der Waals surface area contributed by atoms with E-state index in [2.05, 4.69) is 4.98 Å². The fourth-order valence-corrected chi connectivity index (χ4v) is 2.57. The molecule has 2 rings (SSSR count). The van der Waals surface area contributed by atoms with Gasteiger partial charge in [-0.3, -0.25) is 4.18 Å². The summed E-state index contributed by atoms with van der Waals surface area (Å²) in [5.74, 6) is -0.355. The first-order valence-corrected chi connectivity index (χ1v) is 7.42. The minimum atomic E-state index is -3.87. The minimum absolute atomic E-state index is 0.0153. The molecule has 9 heteroatoms. The van der Waals surface area contributed by atoms with Gasteiger partial charge in [0, 0.05) is 0 Å². The van der Waals surface area contributed by atoms with Crippen LogP contribution in [0.5, 0.6) is 0 Å². The maximum atomic E-state index is 11.9. The molecule has 0 amide bonds. The lowest BCUT2D eigenvalue weighted by molar-refractivity contribution is -0.396. The van der Waals surface area contributed by atoms with Crippen LogP contribution in [0.15, 0.2) is 41.6 Å². The second-order valence-electron chi connectivity index (χ2n) is 4.27. The predicted octanol–water partition coefficient (Wildman–Crippen LogP) is 1.51. The van der Waals surface area contributed by atoms with Crippen LogP contribution in [-0.2, 0) is 20.8 Å². The van der Waals surface area contributed by atoms with E-state index < -0.39 is 15.0 Å². The monoisotopic (exact) mass is 311 g/mol. The van der Waals surface area contributed by atoms with Crippen molar-refractivity contribution in [3.63, 3.8) is 0 Å². The van der Waals surface area contributed by atoms with E-state index >= 15 is 0 Å². The van der Waals surface area contributed by atoms with Gasteiger partial charge in [-0.1, -0.05) is 22.7 Å². The van der Waals surface area contributed by atoms with Gasteiger partial charge in [0.2, 0.25) is 0 Å². The number of rotatable bonds is 6. The van der Waals surface area contributed by atoms with Gasteiger partial charge in [0.15, 0.2) is 0 Å². The zero-order valence-electron chi connectivity index (χ0n) is 11.2. The summed E-state index contributed by atoms with van der Waals surface area (Å²) in [6, 6.07) is 6.22. The molecule has 0 aliphatic heterocycles. The van der Waals surface area contributed by atoms with E-state index in [9.17, 15) is 18.5 Å². The lowest BCUT2D eigenvalue weighted by Crippen LogP contribution is -2.13. The van der Waals surface area contributed by atoms with Crippen LogP contribution in [0.4, 0.5) is 5.95 Å². The Labute approximate surface area is 121 Å². The van der Waals surface area contributed by atoms with Crippen molar-refractivity contribution in [1.29, 1.82) is 0 Å². The molecule has 0 atom stereocenters. The lowest BCUT2D eigenvalue weighted by atomic mass is 10.2. The van der Waals surface area contributed by atoms with Crippen LogP contribution in [0, 0.1) is 17.0 Å². The molecule has 0 aliphatic rings. The van der Waals surface area contributed by atoms with E-state index in [4.69, 9.17) is 4.18 Å². The van der Waals surface area contributed by atoms with E-state index in [1.165, 1.54) is 29.1 Å². The zero-order valence-corrected chi connectivity index (χ0v) is 12.0. The Morgan fingerprint density at radius 1 is 1.33 bits per heavy atom. The van der Waals surface area contributed by atoms with Gasteiger partial charge in [0.25, 0.3) is 10.1 Å². The van der Waals surface area contributed by atoms with Crippen molar-refractivity contribution in [2.24, 2.45) is 0 Å². The summed E-state index contributed by atoms with van der Waals surface area (Å²) in [7, 11) is -3.87. The normalized spacial score (nSPS) is 11.5. The smallest absolute Gasteiger partial charge is 0.390 e. The highest BCUT2D eigenvalue weighted by molar-refractivity contribution is 7.86. The number of nitro groups is 1. The average Bonchev–Trinajstić information content (AvgIpc) is 2.87. The SMILES string of the molecule is Cc1ccc(S(=O)(=O)OCCn2ccnc2[N+](=O)[O-])cc1.